The van der Waals surface area contributed by atoms with Gasteiger partial charge in [-0.05, 0) is 26.4 Å². The molecule has 0 amide bonds. The molecule has 0 radical (unpaired) electrons. The monoisotopic (exact) mass is 294 g/mol. The van der Waals surface area contributed by atoms with Crippen LogP contribution in [0.15, 0.2) is 6.20 Å². The minimum Gasteiger partial charge on any atom is -0.311 e. The number of nitrogens with zero attached hydrogens (tertiary/aromatic N) is 5. The van der Waals surface area contributed by atoms with E-state index in [9.17, 15) is 0 Å². The lowest BCUT2D eigenvalue weighted by Gasteiger charge is -2.39. The van der Waals surface area contributed by atoms with Crippen LogP contribution < -0.4 is 5.32 Å². The van der Waals surface area contributed by atoms with Gasteiger partial charge in [-0.2, -0.15) is 0 Å². The first-order chi connectivity index (χ1) is 10.2. The van der Waals surface area contributed by atoms with Gasteiger partial charge in [-0.3, -0.25) is 14.5 Å². The molecule has 0 bridgehead atoms. The maximum absolute atomic E-state index is 4.22. The predicted molar refractivity (Wildman–Crippen MR) is 85.2 cm³/mol. The second-order valence-electron chi connectivity index (χ2n) is 5.93. The molecule has 1 saturated heterocycles. The van der Waals surface area contributed by atoms with Crippen molar-refractivity contribution < 1.29 is 0 Å². The van der Waals surface area contributed by atoms with E-state index in [1.807, 2.05) is 4.68 Å². The van der Waals surface area contributed by atoms with Gasteiger partial charge in [0.2, 0.25) is 0 Å². The molecule has 1 aromatic heterocycles. The fraction of sp³-hybridized carbons (Fsp3) is 0.867. The number of piperazine rings is 1. The van der Waals surface area contributed by atoms with Crippen LogP contribution in [0.4, 0.5) is 0 Å². The van der Waals surface area contributed by atoms with E-state index in [0.717, 1.165) is 57.9 Å². The van der Waals surface area contributed by atoms with Crippen LogP contribution in [-0.4, -0.2) is 70.1 Å². The number of nitrogens with one attached hydrogen (secondary N) is 1. The molecule has 6 heteroatoms. The van der Waals surface area contributed by atoms with Gasteiger partial charge in [-0.1, -0.05) is 19.1 Å². The van der Waals surface area contributed by atoms with Gasteiger partial charge in [-0.15, -0.1) is 5.10 Å². The molecule has 0 saturated carbocycles. The third-order valence-electron chi connectivity index (χ3n) is 4.22. The van der Waals surface area contributed by atoms with E-state index in [2.05, 4.69) is 52.4 Å². The lowest BCUT2D eigenvalue weighted by atomic mass is 10.2. The Hall–Kier alpha value is -0.980. The van der Waals surface area contributed by atoms with Crippen LogP contribution in [0.25, 0.3) is 0 Å². The minimum atomic E-state index is 0.660. The van der Waals surface area contributed by atoms with Gasteiger partial charge in [0.15, 0.2) is 0 Å². The Balaban J connectivity index is 1.71. The van der Waals surface area contributed by atoms with Gasteiger partial charge in [0.1, 0.15) is 0 Å². The molecule has 1 aliphatic rings. The van der Waals surface area contributed by atoms with Crippen LogP contribution in [0.3, 0.4) is 0 Å². The summed E-state index contributed by atoms with van der Waals surface area (Å²) in [6.45, 7) is 15.2. The summed E-state index contributed by atoms with van der Waals surface area (Å²) in [4.78, 5) is 5.08. The van der Waals surface area contributed by atoms with Crippen LogP contribution in [0.1, 0.15) is 32.9 Å². The summed E-state index contributed by atoms with van der Waals surface area (Å²) in [5, 5.41) is 11.8. The number of rotatable bonds is 8. The molecule has 120 valence electrons. The molecule has 21 heavy (non-hydrogen) atoms. The van der Waals surface area contributed by atoms with Crippen molar-refractivity contribution in [3.63, 3.8) is 0 Å². The molecular weight excluding hydrogens is 264 g/mol. The van der Waals surface area contributed by atoms with Crippen LogP contribution in [0.5, 0.6) is 0 Å². The van der Waals surface area contributed by atoms with Crippen LogP contribution >= 0.6 is 0 Å². The average Bonchev–Trinajstić information content (AvgIpc) is 2.93. The second-order valence-corrected chi connectivity index (χ2v) is 5.93. The first-order valence-corrected chi connectivity index (χ1v) is 8.29. The summed E-state index contributed by atoms with van der Waals surface area (Å²) in [7, 11) is 0. The average molecular weight is 294 g/mol. The lowest BCUT2D eigenvalue weighted by Crippen LogP contribution is -2.52. The van der Waals surface area contributed by atoms with Gasteiger partial charge >= 0.3 is 0 Å². The normalized spacial score (nSPS) is 21.0. The van der Waals surface area contributed by atoms with E-state index in [1.165, 1.54) is 6.54 Å². The fourth-order valence-electron chi connectivity index (χ4n) is 2.91. The molecule has 1 fully saturated rings. The molecule has 1 atom stereocenters. The molecule has 1 N–H and O–H groups in total. The highest BCUT2D eigenvalue weighted by Gasteiger charge is 2.21. The zero-order chi connectivity index (χ0) is 15.1. The lowest BCUT2D eigenvalue weighted by molar-refractivity contribution is 0.0850. The van der Waals surface area contributed by atoms with Crippen molar-refractivity contribution in [1.29, 1.82) is 0 Å². The number of aromatic nitrogens is 3. The fourth-order valence-corrected chi connectivity index (χ4v) is 2.91. The molecule has 0 spiro atoms. The Labute approximate surface area is 128 Å². The summed E-state index contributed by atoms with van der Waals surface area (Å²) < 4.78 is 1.97. The van der Waals surface area contributed by atoms with Crippen molar-refractivity contribution in [3.8, 4) is 0 Å². The smallest absolute Gasteiger partial charge is 0.0964 e. The van der Waals surface area contributed by atoms with Crippen molar-refractivity contribution in [2.24, 2.45) is 0 Å². The van der Waals surface area contributed by atoms with E-state index < -0.39 is 0 Å². The van der Waals surface area contributed by atoms with Crippen molar-refractivity contribution in [1.82, 2.24) is 30.1 Å². The number of hydrogen-bond donors (Lipinski definition) is 1. The topological polar surface area (TPSA) is 49.2 Å². The molecule has 0 aromatic carbocycles. The Kier molecular flexibility index (Phi) is 6.60. The SMILES string of the molecule is CCCNCc1cn(CCN2CCN(CC)C(C)C2)nn1. The van der Waals surface area contributed by atoms with Crippen LogP contribution in [0, 0.1) is 0 Å². The minimum absolute atomic E-state index is 0.660. The first kappa shape index (κ1) is 16.4. The third kappa shape index (κ3) is 5.05. The van der Waals surface area contributed by atoms with Crippen molar-refractivity contribution in [3.05, 3.63) is 11.9 Å². The van der Waals surface area contributed by atoms with E-state index >= 15 is 0 Å². The highest BCUT2D eigenvalue weighted by atomic mass is 15.4. The van der Waals surface area contributed by atoms with E-state index in [1.54, 1.807) is 0 Å². The zero-order valence-electron chi connectivity index (χ0n) is 13.8. The Morgan fingerprint density at radius 1 is 1.29 bits per heavy atom. The van der Waals surface area contributed by atoms with Gasteiger partial charge in [0, 0.05) is 45.0 Å². The van der Waals surface area contributed by atoms with E-state index in [4.69, 9.17) is 0 Å². The maximum Gasteiger partial charge on any atom is 0.0964 e. The molecular formula is C15H30N6. The van der Waals surface area contributed by atoms with Crippen molar-refractivity contribution >= 4 is 0 Å². The van der Waals surface area contributed by atoms with Gasteiger partial charge < -0.3 is 5.32 Å². The quantitative estimate of drug-likeness (QED) is 0.719. The Morgan fingerprint density at radius 2 is 2.14 bits per heavy atom. The molecule has 1 aromatic rings. The van der Waals surface area contributed by atoms with Crippen LogP contribution in [-0.2, 0) is 13.1 Å². The van der Waals surface area contributed by atoms with Crippen LogP contribution in [0.2, 0.25) is 0 Å². The Morgan fingerprint density at radius 3 is 2.86 bits per heavy atom. The summed E-state index contributed by atoms with van der Waals surface area (Å²) in [5.74, 6) is 0. The largest absolute Gasteiger partial charge is 0.311 e. The molecule has 2 rings (SSSR count). The molecule has 1 unspecified atom stereocenters. The number of hydrogen-bond acceptors (Lipinski definition) is 5. The van der Waals surface area contributed by atoms with E-state index in [0.29, 0.717) is 6.04 Å². The summed E-state index contributed by atoms with van der Waals surface area (Å²) in [5.41, 5.74) is 1.03. The van der Waals surface area contributed by atoms with Crippen molar-refractivity contribution in [2.45, 2.75) is 46.3 Å². The molecule has 6 nitrogen and oxygen atoms in total. The van der Waals surface area contributed by atoms with Crippen molar-refractivity contribution in [2.75, 3.05) is 39.3 Å². The first-order valence-electron chi connectivity index (χ1n) is 8.29. The van der Waals surface area contributed by atoms with Gasteiger partial charge in [0.25, 0.3) is 0 Å². The predicted octanol–water partition coefficient (Wildman–Crippen LogP) is 0.804. The maximum atomic E-state index is 4.22. The number of likely N-dealkylation sites (N-methyl/N-ethyl adjacent to an activating group) is 1. The van der Waals surface area contributed by atoms with Gasteiger partial charge in [0.05, 0.1) is 12.2 Å². The highest BCUT2D eigenvalue weighted by molar-refractivity contribution is 4.91. The second kappa shape index (κ2) is 8.46. The van der Waals surface area contributed by atoms with Gasteiger partial charge in [-0.25, -0.2) is 0 Å². The standard InChI is InChI=1S/C15H30N6/c1-4-6-16-11-15-13-21(18-17-15)10-8-19-7-9-20(5-2)14(3)12-19/h13-14,16H,4-12H2,1-3H3. The molecule has 2 heterocycles. The third-order valence-corrected chi connectivity index (χ3v) is 4.22. The summed E-state index contributed by atoms with van der Waals surface area (Å²) >= 11 is 0. The molecule has 0 aliphatic carbocycles. The summed E-state index contributed by atoms with van der Waals surface area (Å²) in [6.07, 6.45) is 3.21. The highest BCUT2D eigenvalue weighted by Crippen LogP contribution is 2.08. The Bertz CT molecular complexity index is 405. The zero-order valence-corrected chi connectivity index (χ0v) is 13.8. The molecule has 1 aliphatic heterocycles. The summed E-state index contributed by atoms with van der Waals surface area (Å²) in [6, 6.07) is 0.660. The van der Waals surface area contributed by atoms with E-state index in [-0.39, 0.29) is 0 Å².